The van der Waals surface area contributed by atoms with Crippen molar-refractivity contribution < 1.29 is 0 Å². The Balaban J connectivity index is 1.50. The van der Waals surface area contributed by atoms with E-state index in [4.69, 9.17) is 5.73 Å². The van der Waals surface area contributed by atoms with Crippen molar-refractivity contribution in [3.05, 3.63) is 0 Å². The highest BCUT2D eigenvalue weighted by Crippen LogP contribution is 2.49. The monoisotopic (exact) mass is 264 g/mol. The molecule has 0 bridgehead atoms. The van der Waals surface area contributed by atoms with Crippen molar-refractivity contribution in [2.75, 3.05) is 7.05 Å². The third-order valence-electron chi connectivity index (χ3n) is 6.57. The van der Waals surface area contributed by atoms with Gasteiger partial charge in [-0.3, -0.25) is 0 Å². The van der Waals surface area contributed by atoms with Crippen LogP contribution >= 0.6 is 0 Å². The Morgan fingerprint density at radius 3 is 1.89 bits per heavy atom. The third-order valence-corrected chi connectivity index (χ3v) is 6.57. The molecular formula is C17H32N2. The topological polar surface area (TPSA) is 29.3 Å². The number of nitrogens with zero attached hydrogens (tertiary/aromatic N) is 1. The minimum atomic E-state index is 0.484. The molecule has 1 spiro atoms. The Bertz CT molecular complexity index is 278. The smallest absolute Gasteiger partial charge is 0.00962 e. The molecule has 3 aliphatic rings. The molecule has 0 aromatic heterocycles. The van der Waals surface area contributed by atoms with E-state index >= 15 is 0 Å². The molecule has 0 saturated heterocycles. The zero-order valence-electron chi connectivity index (χ0n) is 12.7. The van der Waals surface area contributed by atoms with E-state index in [1.165, 1.54) is 77.0 Å². The van der Waals surface area contributed by atoms with E-state index in [0.717, 1.165) is 17.5 Å². The van der Waals surface area contributed by atoms with Crippen LogP contribution in [0.25, 0.3) is 0 Å². The highest BCUT2D eigenvalue weighted by molar-refractivity contribution is 4.93. The van der Waals surface area contributed by atoms with Crippen molar-refractivity contribution in [3.8, 4) is 0 Å². The molecule has 3 aliphatic carbocycles. The Labute approximate surface area is 119 Å². The van der Waals surface area contributed by atoms with E-state index in [-0.39, 0.29) is 0 Å². The number of rotatable bonds is 2. The van der Waals surface area contributed by atoms with Crippen LogP contribution in [0.4, 0.5) is 0 Å². The van der Waals surface area contributed by atoms with Crippen LogP contribution in [0.5, 0.6) is 0 Å². The highest BCUT2D eigenvalue weighted by Gasteiger charge is 2.39. The summed E-state index contributed by atoms with van der Waals surface area (Å²) in [6.07, 6.45) is 17.1. The summed E-state index contributed by atoms with van der Waals surface area (Å²) in [5.41, 5.74) is 6.82. The lowest BCUT2D eigenvalue weighted by Gasteiger charge is -2.44. The van der Waals surface area contributed by atoms with Crippen LogP contribution in [0.15, 0.2) is 0 Å². The molecule has 3 rings (SSSR count). The van der Waals surface area contributed by atoms with Gasteiger partial charge in [0.2, 0.25) is 0 Å². The average molecular weight is 264 g/mol. The highest BCUT2D eigenvalue weighted by atomic mass is 15.2. The molecule has 2 N–H and O–H groups in total. The predicted octanol–water partition coefficient (Wildman–Crippen LogP) is 3.69. The summed E-state index contributed by atoms with van der Waals surface area (Å²) in [5, 5.41) is 0. The van der Waals surface area contributed by atoms with Gasteiger partial charge in [-0.1, -0.05) is 12.8 Å². The van der Waals surface area contributed by atoms with E-state index in [9.17, 15) is 0 Å². The Morgan fingerprint density at radius 1 is 0.789 bits per heavy atom. The second-order valence-electron chi connectivity index (χ2n) is 7.67. The number of hydrogen-bond donors (Lipinski definition) is 1. The summed E-state index contributed by atoms with van der Waals surface area (Å²) in [7, 11) is 2.39. The van der Waals surface area contributed by atoms with Crippen LogP contribution in [0.2, 0.25) is 0 Å². The first-order valence-corrected chi connectivity index (χ1v) is 8.66. The van der Waals surface area contributed by atoms with Gasteiger partial charge in [0.1, 0.15) is 0 Å². The second kappa shape index (κ2) is 5.73. The zero-order valence-corrected chi connectivity index (χ0v) is 12.7. The molecule has 0 atom stereocenters. The average Bonchev–Trinajstić information content (AvgIpc) is 2.88. The van der Waals surface area contributed by atoms with Gasteiger partial charge in [0.25, 0.3) is 0 Å². The normalized spacial score (nSPS) is 36.2. The van der Waals surface area contributed by atoms with Gasteiger partial charge in [-0.2, -0.15) is 0 Å². The molecule has 0 radical (unpaired) electrons. The van der Waals surface area contributed by atoms with Crippen molar-refractivity contribution in [3.63, 3.8) is 0 Å². The van der Waals surface area contributed by atoms with E-state index in [0.29, 0.717) is 6.04 Å². The molecule has 2 heteroatoms. The molecule has 0 unspecified atom stereocenters. The summed E-state index contributed by atoms with van der Waals surface area (Å²) in [4.78, 5) is 2.73. The van der Waals surface area contributed by atoms with Crippen LogP contribution in [0.1, 0.15) is 77.0 Å². The molecule has 0 amide bonds. The standard InChI is InChI=1S/C17H32N2/c1-19(15-6-4-14(18)5-7-15)16-8-12-17(13-9-16)10-2-3-11-17/h14-16H,2-13,18H2,1H3. The van der Waals surface area contributed by atoms with Gasteiger partial charge in [0.05, 0.1) is 0 Å². The van der Waals surface area contributed by atoms with Gasteiger partial charge >= 0.3 is 0 Å². The lowest BCUT2D eigenvalue weighted by atomic mass is 9.71. The molecule has 3 saturated carbocycles. The quantitative estimate of drug-likeness (QED) is 0.824. The van der Waals surface area contributed by atoms with Gasteiger partial charge in [-0.05, 0) is 76.7 Å². The number of nitrogens with two attached hydrogens (primary N) is 1. The fourth-order valence-corrected chi connectivity index (χ4v) is 5.05. The molecule has 0 aliphatic heterocycles. The van der Waals surface area contributed by atoms with Gasteiger partial charge in [0.15, 0.2) is 0 Å². The molecule has 3 fully saturated rings. The molecule has 19 heavy (non-hydrogen) atoms. The molecule has 0 heterocycles. The SMILES string of the molecule is CN(C1CCC(N)CC1)C1CCC2(CCCC2)CC1. The summed E-state index contributed by atoms with van der Waals surface area (Å²) < 4.78 is 0. The van der Waals surface area contributed by atoms with Crippen molar-refractivity contribution in [1.29, 1.82) is 0 Å². The van der Waals surface area contributed by atoms with Crippen LogP contribution in [0.3, 0.4) is 0 Å². The van der Waals surface area contributed by atoms with Crippen molar-refractivity contribution in [2.45, 2.75) is 95.2 Å². The molecule has 0 aromatic rings. The second-order valence-corrected chi connectivity index (χ2v) is 7.67. The first kappa shape index (κ1) is 13.9. The maximum Gasteiger partial charge on any atom is 0.00962 e. The summed E-state index contributed by atoms with van der Waals surface area (Å²) >= 11 is 0. The minimum Gasteiger partial charge on any atom is -0.328 e. The van der Waals surface area contributed by atoms with Gasteiger partial charge in [-0.25, -0.2) is 0 Å². The summed E-state index contributed by atoms with van der Waals surface area (Å²) in [5.74, 6) is 0. The summed E-state index contributed by atoms with van der Waals surface area (Å²) in [6, 6.07) is 2.17. The molecule has 0 aromatic carbocycles. The van der Waals surface area contributed by atoms with E-state index < -0.39 is 0 Å². The lowest BCUT2D eigenvalue weighted by molar-refractivity contribution is 0.0653. The van der Waals surface area contributed by atoms with Crippen LogP contribution in [-0.4, -0.2) is 30.1 Å². The van der Waals surface area contributed by atoms with Crippen LogP contribution < -0.4 is 5.73 Å². The predicted molar refractivity (Wildman–Crippen MR) is 81.2 cm³/mol. The minimum absolute atomic E-state index is 0.484. The zero-order chi connectivity index (χ0) is 13.3. The first-order chi connectivity index (χ1) is 9.19. The van der Waals surface area contributed by atoms with Gasteiger partial charge in [0, 0.05) is 18.1 Å². The Morgan fingerprint density at radius 2 is 1.32 bits per heavy atom. The third kappa shape index (κ3) is 3.00. The van der Waals surface area contributed by atoms with Crippen LogP contribution in [0, 0.1) is 5.41 Å². The molecule has 110 valence electrons. The Kier molecular flexibility index (Phi) is 4.19. The van der Waals surface area contributed by atoms with Crippen molar-refractivity contribution in [2.24, 2.45) is 11.1 Å². The fraction of sp³-hybridized carbons (Fsp3) is 1.00. The summed E-state index contributed by atoms with van der Waals surface area (Å²) in [6.45, 7) is 0. The molecular weight excluding hydrogens is 232 g/mol. The number of hydrogen-bond acceptors (Lipinski definition) is 2. The largest absolute Gasteiger partial charge is 0.328 e. The maximum atomic E-state index is 6.04. The first-order valence-electron chi connectivity index (χ1n) is 8.66. The van der Waals surface area contributed by atoms with E-state index in [1.807, 2.05) is 0 Å². The van der Waals surface area contributed by atoms with E-state index in [2.05, 4.69) is 11.9 Å². The fourth-order valence-electron chi connectivity index (χ4n) is 5.05. The molecule has 2 nitrogen and oxygen atoms in total. The van der Waals surface area contributed by atoms with Crippen molar-refractivity contribution >= 4 is 0 Å². The maximum absolute atomic E-state index is 6.04. The van der Waals surface area contributed by atoms with Crippen molar-refractivity contribution in [1.82, 2.24) is 4.90 Å². The van der Waals surface area contributed by atoms with E-state index in [1.54, 1.807) is 0 Å². The van der Waals surface area contributed by atoms with Crippen LogP contribution in [-0.2, 0) is 0 Å². The Hall–Kier alpha value is -0.0800. The van der Waals surface area contributed by atoms with Gasteiger partial charge < -0.3 is 10.6 Å². The van der Waals surface area contributed by atoms with Gasteiger partial charge in [-0.15, -0.1) is 0 Å². The lowest BCUT2D eigenvalue weighted by Crippen LogP contribution is -2.46.